The number of aromatic nitrogens is 2. The molecule has 8 nitrogen and oxygen atoms in total. The van der Waals surface area contributed by atoms with E-state index in [4.69, 9.17) is 4.74 Å². The number of amides is 1. The molecule has 4 rings (SSSR count). The van der Waals surface area contributed by atoms with Crippen LogP contribution in [0.2, 0.25) is 0 Å². The van der Waals surface area contributed by atoms with Crippen molar-refractivity contribution in [3.63, 3.8) is 0 Å². The second-order valence-electron chi connectivity index (χ2n) is 7.18. The Balaban J connectivity index is 1.54. The van der Waals surface area contributed by atoms with Gasteiger partial charge in [-0.05, 0) is 61.7 Å². The maximum Gasteiger partial charge on any atom is 0.257 e. The second-order valence-corrected chi connectivity index (χ2v) is 10.1. The Kier molecular flexibility index (Phi) is 6.03. The second kappa shape index (κ2) is 8.74. The van der Waals surface area contributed by atoms with Gasteiger partial charge in [0.2, 0.25) is 15.2 Å². The van der Waals surface area contributed by atoms with Gasteiger partial charge in [-0.2, -0.15) is 4.31 Å². The number of nitrogens with one attached hydrogen (secondary N) is 1. The van der Waals surface area contributed by atoms with Crippen LogP contribution in [0.15, 0.2) is 47.4 Å². The number of carbonyl (C=O) groups excluding carboxylic acids is 1. The van der Waals surface area contributed by atoms with E-state index < -0.39 is 15.9 Å². The number of aryl methyl sites for hydroxylation is 1. The summed E-state index contributed by atoms with van der Waals surface area (Å²) in [5.74, 6) is 0.314. The van der Waals surface area contributed by atoms with Gasteiger partial charge >= 0.3 is 0 Å². The number of hydrogen-bond acceptors (Lipinski definition) is 7. The van der Waals surface area contributed by atoms with Crippen LogP contribution in [0.5, 0.6) is 5.75 Å². The van der Waals surface area contributed by atoms with Crippen molar-refractivity contribution in [2.75, 3.05) is 25.5 Å². The molecular formula is C21H22N4O4S2. The minimum Gasteiger partial charge on any atom is -0.497 e. The quantitative estimate of drug-likeness (QED) is 0.606. The SMILES string of the molecule is COc1ccc(-c2nnc(NC(=O)c3cc(S(=O)(=O)N4CCCC4)ccc3C)s2)cc1. The van der Waals surface area contributed by atoms with E-state index in [0.29, 0.717) is 34.4 Å². The average molecular weight is 459 g/mol. The third-order valence-electron chi connectivity index (χ3n) is 5.14. The van der Waals surface area contributed by atoms with Crippen LogP contribution in [0.3, 0.4) is 0 Å². The zero-order chi connectivity index (χ0) is 22.0. The van der Waals surface area contributed by atoms with Crippen molar-refractivity contribution in [2.24, 2.45) is 0 Å². The van der Waals surface area contributed by atoms with E-state index >= 15 is 0 Å². The highest BCUT2D eigenvalue weighted by molar-refractivity contribution is 7.89. The molecule has 1 fully saturated rings. The van der Waals surface area contributed by atoms with Gasteiger partial charge < -0.3 is 4.74 Å². The van der Waals surface area contributed by atoms with Gasteiger partial charge in [0.15, 0.2) is 0 Å². The lowest BCUT2D eigenvalue weighted by Gasteiger charge is -2.16. The molecule has 1 aliphatic heterocycles. The summed E-state index contributed by atoms with van der Waals surface area (Å²) in [6, 6.07) is 12.0. The minimum absolute atomic E-state index is 0.126. The van der Waals surface area contributed by atoms with Crippen molar-refractivity contribution >= 4 is 32.4 Å². The number of carbonyl (C=O) groups is 1. The van der Waals surface area contributed by atoms with E-state index in [1.807, 2.05) is 24.3 Å². The van der Waals surface area contributed by atoms with Crippen LogP contribution in [0.1, 0.15) is 28.8 Å². The number of benzene rings is 2. The van der Waals surface area contributed by atoms with Gasteiger partial charge in [0.25, 0.3) is 5.91 Å². The lowest BCUT2D eigenvalue weighted by molar-refractivity contribution is 0.102. The molecule has 1 aliphatic rings. The molecule has 1 N–H and O–H groups in total. The van der Waals surface area contributed by atoms with E-state index in [9.17, 15) is 13.2 Å². The predicted molar refractivity (Wildman–Crippen MR) is 119 cm³/mol. The molecule has 0 atom stereocenters. The summed E-state index contributed by atoms with van der Waals surface area (Å²) in [6.07, 6.45) is 1.71. The van der Waals surface area contributed by atoms with Crippen LogP contribution in [-0.4, -0.2) is 49.0 Å². The van der Waals surface area contributed by atoms with Crippen LogP contribution in [-0.2, 0) is 10.0 Å². The Labute approximate surface area is 184 Å². The highest BCUT2D eigenvalue weighted by atomic mass is 32.2. The zero-order valence-electron chi connectivity index (χ0n) is 17.2. The highest BCUT2D eigenvalue weighted by Crippen LogP contribution is 2.29. The summed E-state index contributed by atoms with van der Waals surface area (Å²) in [4.78, 5) is 13.0. The summed E-state index contributed by atoms with van der Waals surface area (Å²) in [7, 11) is -2.01. The van der Waals surface area contributed by atoms with Crippen molar-refractivity contribution in [3.05, 3.63) is 53.6 Å². The molecule has 2 aromatic carbocycles. The fourth-order valence-electron chi connectivity index (χ4n) is 3.37. The van der Waals surface area contributed by atoms with Gasteiger partial charge in [0, 0.05) is 24.2 Å². The third kappa shape index (κ3) is 4.46. The first kappa shape index (κ1) is 21.4. The molecule has 2 heterocycles. The number of anilines is 1. The molecule has 0 radical (unpaired) electrons. The molecular weight excluding hydrogens is 436 g/mol. The number of sulfonamides is 1. The summed E-state index contributed by atoms with van der Waals surface area (Å²) >= 11 is 1.24. The first-order chi connectivity index (χ1) is 14.9. The Morgan fingerprint density at radius 2 is 1.81 bits per heavy atom. The Hall–Kier alpha value is -2.82. The van der Waals surface area contributed by atoms with Gasteiger partial charge in [0.1, 0.15) is 10.8 Å². The fourth-order valence-corrected chi connectivity index (χ4v) is 5.66. The monoisotopic (exact) mass is 458 g/mol. The van der Waals surface area contributed by atoms with Gasteiger partial charge in [-0.25, -0.2) is 8.42 Å². The van der Waals surface area contributed by atoms with Crippen LogP contribution in [0.25, 0.3) is 10.6 Å². The van der Waals surface area contributed by atoms with Gasteiger partial charge in [-0.3, -0.25) is 10.1 Å². The molecule has 0 bridgehead atoms. The lowest BCUT2D eigenvalue weighted by atomic mass is 10.1. The fraction of sp³-hybridized carbons (Fsp3) is 0.286. The molecule has 0 aliphatic carbocycles. The van der Waals surface area contributed by atoms with Crippen LogP contribution >= 0.6 is 11.3 Å². The van der Waals surface area contributed by atoms with Crippen LogP contribution < -0.4 is 10.1 Å². The molecule has 0 spiro atoms. The molecule has 3 aromatic rings. The summed E-state index contributed by atoms with van der Waals surface area (Å²) in [5.41, 5.74) is 1.83. The Morgan fingerprint density at radius 3 is 2.48 bits per heavy atom. The normalized spacial score (nSPS) is 14.5. The van der Waals surface area contributed by atoms with E-state index in [0.717, 1.165) is 24.2 Å². The number of methoxy groups -OCH3 is 1. The first-order valence-electron chi connectivity index (χ1n) is 9.78. The smallest absolute Gasteiger partial charge is 0.257 e. The Bertz CT molecular complexity index is 1200. The van der Waals surface area contributed by atoms with Gasteiger partial charge in [-0.15, -0.1) is 10.2 Å². The Morgan fingerprint density at radius 1 is 1.10 bits per heavy atom. The van der Waals surface area contributed by atoms with Crippen molar-refractivity contribution in [2.45, 2.75) is 24.7 Å². The topological polar surface area (TPSA) is 101 Å². The molecule has 0 unspecified atom stereocenters. The molecule has 1 amide bonds. The number of nitrogens with zero attached hydrogens (tertiary/aromatic N) is 3. The number of hydrogen-bond donors (Lipinski definition) is 1. The molecule has 31 heavy (non-hydrogen) atoms. The number of rotatable bonds is 6. The summed E-state index contributed by atoms with van der Waals surface area (Å²) < 4.78 is 32.3. The van der Waals surface area contributed by atoms with Crippen molar-refractivity contribution in [1.82, 2.24) is 14.5 Å². The minimum atomic E-state index is -3.60. The third-order valence-corrected chi connectivity index (χ3v) is 7.92. The van der Waals surface area contributed by atoms with Crippen molar-refractivity contribution in [1.29, 1.82) is 0 Å². The van der Waals surface area contributed by atoms with Gasteiger partial charge in [-0.1, -0.05) is 17.4 Å². The standard InChI is InChI=1S/C21H22N4O4S2/c1-14-5-10-17(31(27,28)25-11-3-4-12-25)13-18(14)19(26)22-21-24-23-20(30-21)15-6-8-16(29-2)9-7-15/h5-10,13H,3-4,11-12H2,1-2H3,(H,22,24,26). The maximum atomic E-state index is 12.9. The molecule has 1 aromatic heterocycles. The van der Waals surface area contributed by atoms with Crippen LogP contribution in [0, 0.1) is 6.92 Å². The largest absolute Gasteiger partial charge is 0.497 e. The maximum absolute atomic E-state index is 12.9. The number of ether oxygens (including phenoxy) is 1. The van der Waals surface area contributed by atoms with Crippen molar-refractivity contribution < 1.29 is 17.9 Å². The average Bonchev–Trinajstić information content (AvgIpc) is 3.47. The molecule has 162 valence electrons. The van der Waals surface area contributed by atoms with E-state index in [1.165, 1.54) is 21.7 Å². The van der Waals surface area contributed by atoms with E-state index in [-0.39, 0.29) is 4.90 Å². The van der Waals surface area contributed by atoms with Gasteiger partial charge in [0.05, 0.1) is 12.0 Å². The van der Waals surface area contributed by atoms with Crippen LogP contribution in [0.4, 0.5) is 5.13 Å². The predicted octanol–water partition coefficient (Wildman–Crippen LogP) is 3.56. The first-order valence-corrected chi connectivity index (χ1v) is 12.0. The molecule has 10 heteroatoms. The zero-order valence-corrected chi connectivity index (χ0v) is 18.8. The summed E-state index contributed by atoms with van der Waals surface area (Å²) in [6.45, 7) is 2.79. The lowest BCUT2D eigenvalue weighted by Crippen LogP contribution is -2.28. The summed E-state index contributed by atoms with van der Waals surface area (Å²) in [5, 5.41) is 11.9. The molecule has 0 saturated carbocycles. The van der Waals surface area contributed by atoms with Crippen molar-refractivity contribution in [3.8, 4) is 16.3 Å². The van der Waals surface area contributed by atoms with E-state index in [2.05, 4.69) is 15.5 Å². The molecule has 1 saturated heterocycles. The van der Waals surface area contributed by atoms with E-state index in [1.54, 1.807) is 26.2 Å². The highest BCUT2D eigenvalue weighted by Gasteiger charge is 2.28.